The minimum atomic E-state index is -0.812. The number of amides is 1. The zero-order chi connectivity index (χ0) is 17.8. The van der Waals surface area contributed by atoms with Gasteiger partial charge >= 0.3 is 0 Å². The highest BCUT2D eigenvalue weighted by Gasteiger charge is 2.13. The number of carbonyl (C=O) groups is 1. The number of anilines is 1. The molecular formula is C19H15F2NO2S. The first-order valence-corrected chi connectivity index (χ1v) is 8.43. The Morgan fingerprint density at radius 2 is 1.96 bits per heavy atom. The van der Waals surface area contributed by atoms with Gasteiger partial charge < -0.3 is 10.1 Å². The van der Waals surface area contributed by atoms with E-state index in [0.29, 0.717) is 11.5 Å². The Balaban J connectivity index is 1.64. The summed E-state index contributed by atoms with van der Waals surface area (Å²) in [7, 11) is 0. The molecule has 0 atom stereocenters. The highest BCUT2D eigenvalue weighted by atomic mass is 32.1. The molecule has 0 spiro atoms. The molecule has 0 unspecified atom stereocenters. The van der Waals surface area contributed by atoms with Gasteiger partial charge in [0.15, 0.2) is 0 Å². The van der Waals surface area contributed by atoms with E-state index in [4.69, 9.17) is 4.74 Å². The van der Waals surface area contributed by atoms with Crippen molar-refractivity contribution in [2.75, 3.05) is 5.32 Å². The number of para-hydroxylation sites is 1. The quantitative estimate of drug-likeness (QED) is 0.683. The largest absolute Gasteiger partial charge is 0.489 e. The van der Waals surface area contributed by atoms with Gasteiger partial charge in [0.1, 0.15) is 24.0 Å². The Labute approximate surface area is 147 Å². The Hall–Kier alpha value is -2.73. The van der Waals surface area contributed by atoms with Crippen LogP contribution in [0.25, 0.3) is 0 Å². The molecule has 0 radical (unpaired) electrons. The number of thiophene rings is 1. The Bertz CT molecular complexity index is 908. The summed E-state index contributed by atoms with van der Waals surface area (Å²) in [4.78, 5) is 12.6. The minimum Gasteiger partial charge on any atom is -0.489 e. The van der Waals surface area contributed by atoms with Crippen molar-refractivity contribution in [2.24, 2.45) is 0 Å². The molecule has 0 fully saturated rings. The predicted octanol–water partition coefficient (Wildman–Crippen LogP) is 5.17. The first-order valence-electron chi connectivity index (χ1n) is 7.55. The molecule has 0 aliphatic rings. The third-order valence-electron chi connectivity index (χ3n) is 3.54. The zero-order valence-electron chi connectivity index (χ0n) is 13.4. The van der Waals surface area contributed by atoms with Crippen LogP contribution in [0.5, 0.6) is 5.75 Å². The van der Waals surface area contributed by atoms with Crippen LogP contribution in [0.3, 0.4) is 0 Å². The SMILES string of the molecule is Cc1ccccc1OCc1csc(C(=O)Nc2ccc(F)cc2F)c1. The number of benzene rings is 2. The molecule has 1 amide bonds. The van der Waals surface area contributed by atoms with Crippen molar-refractivity contribution in [3.05, 3.63) is 81.5 Å². The van der Waals surface area contributed by atoms with Crippen LogP contribution in [0.2, 0.25) is 0 Å². The number of carbonyl (C=O) groups excluding carboxylic acids is 1. The monoisotopic (exact) mass is 359 g/mol. The van der Waals surface area contributed by atoms with Gasteiger partial charge in [-0.15, -0.1) is 11.3 Å². The first-order chi connectivity index (χ1) is 12.0. The summed E-state index contributed by atoms with van der Waals surface area (Å²) in [6, 6.07) is 12.4. The van der Waals surface area contributed by atoms with Crippen LogP contribution >= 0.6 is 11.3 Å². The summed E-state index contributed by atoms with van der Waals surface area (Å²) in [5.74, 6) is -1.17. The molecule has 25 heavy (non-hydrogen) atoms. The van der Waals surface area contributed by atoms with Crippen molar-refractivity contribution in [3.8, 4) is 5.75 Å². The summed E-state index contributed by atoms with van der Waals surface area (Å²) >= 11 is 1.24. The molecule has 0 saturated heterocycles. The topological polar surface area (TPSA) is 38.3 Å². The number of nitrogens with one attached hydrogen (secondary N) is 1. The van der Waals surface area contributed by atoms with Crippen molar-refractivity contribution >= 4 is 22.9 Å². The molecule has 1 aromatic heterocycles. The van der Waals surface area contributed by atoms with Crippen LogP contribution in [0.1, 0.15) is 20.8 Å². The average Bonchev–Trinajstić information content (AvgIpc) is 3.06. The fourth-order valence-electron chi connectivity index (χ4n) is 2.22. The van der Waals surface area contributed by atoms with Crippen molar-refractivity contribution in [2.45, 2.75) is 13.5 Å². The molecule has 128 valence electrons. The van der Waals surface area contributed by atoms with Crippen molar-refractivity contribution in [3.63, 3.8) is 0 Å². The second kappa shape index (κ2) is 7.44. The average molecular weight is 359 g/mol. The van der Waals surface area contributed by atoms with E-state index < -0.39 is 17.5 Å². The molecule has 0 saturated carbocycles. The van der Waals surface area contributed by atoms with Crippen LogP contribution in [-0.4, -0.2) is 5.91 Å². The molecule has 3 nitrogen and oxygen atoms in total. The van der Waals surface area contributed by atoms with Gasteiger partial charge in [0.05, 0.1) is 10.6 Å². The van der Waals surface area contributed by atoms with Crippen molar-refractivity contribution < 1.29 is 18.3 Å². The summed E-state index contributed by atoms with van der Waals surface area (Å²) < 4.78 is 32.2. The van der Waals surface area contributed by atoms with Gasteiger partial charge in [0.25, 0.3) is 5.91 Å². The van der Waals surface area contributed by atoms with Crippen molar-refractivity contribution in [1.29, 1.82) is 0 Å². The molecule has 0 bridgehead atoms. The van der Waals surface area contributed by atoms with E-state index in [1.165, 1.54) is 17.4 Å². The minimum absolute atomic E-state index is 0.0579. The van der Waals surface area contributed by atoms with Crippen LogP contribution in [0.4, 0.5) is 14.5 Å². The predicted molar refractivity (Wildman–Crippen MR) is 94.1 cm³/mol. The summed E-state index contributed by atoms with van der Waals surface area (Å²) in [5.41, 5.74) is 1.82. The van der Waals surface area contributed by atoms with Crippen LogP contribution < -0.4 is 10.1 Å². The normalized spacial score (nSPS) is 10.5. The zero-order valence-corrected chi connectivity index (χ0v) is 14.2. The number of hydrogen-bond acceptors (Lipinski definition) is 3. The number of hydrogen-bond donors (Lipinski definition) is 1. The van der Waals surface area contributed by atoms with Gasteiger partial charge in [0, 0.05) is 11.6 Å². The molecule has 0 aliphatic heterocycles. The second-order valence-corrected chi connectivity index (χ2v) is 6.36. The van der Waals surface area contributed by atoms with Gasteiger partial charge in [-0.1, -0.05) is 18.2 Å². The van der Waals surface area contributed by atoms with Gasteiger partial charge in [-0.3, -0.25) is 4.79 Å². The lowest BCUT2D eigenvalue weighted by Gasteiger charge is -2.07. The summed E-state index contributed by atoms with van der Waals surface area (Å²) in [6.45, 7) is 2.29. The van der Waals surface area contributed by atoms with Gasteiger partial charge in [-0.05, 0) is 42.1 Å². The molecule has 1 heterocycles. The highest BCUT2D eigenvalue weighted by molar-refractivity contribution is 7.12. The standard InChI is InChI=1S/C19H15F2NO2S/c1-12-4-2-3-5-17(12)24-10-13-8-18(25-11-13)19(23)22-16-7-6-14(20)9-15(16)21/h2-9,11H,10H2,1H3,(H,22,23). The lowest BCUT2D eigenvalue weighted by Crippen LogP contribution is -2.11. The fourth-order valence-corrected chi connectivity index (χ4v) is 3.02. The number of ether oxygens (including phenoxy) is 1. The number of aryl methyl sites for hydroxylation is 1. The maximum absolute atomic E-state index is 13.6. The van der Waals surface area contributed by atoms with E-state index in [-0.39, 0.29) is 5.69 Å². The summed E-state index contributed by atoms with van der Waals surface area (Å²) in [6.07, 6.45) is 0. The third-order valence-corrected chi connectivity index (χ3v) is 4.52. The van der Waals surface area contributed by atoms with E-state index in [1.54, 1.807) is 6.07 Å². The molecule has 3 rings (SSSR count). The second-order valence-electron chi connectivity index (χ2n) is 5.45. The first kappa shape index (κ1) is 17.1. The molecule has 1 N–H and O–H groups in total. The maximum Gasteiger partial charge on any atom is 0.265 e. The van der Waals surface area contributed by atoms with Crippen molar-refractivity contribution in [1.82, 2.24) is 0 Å². The molecule has 2 aromatic carbocycles. The van der Waals surface area contributed by atoms with Crippen LogP contribution in [0, 0.1) is 18.6 Å². The smallest absolute Gasteiger partial charge is 0.265 e. The highest BCUT2D eigenvalue weighted by Crippen LogP contribution is 2.22. The van der Waals surface area contributed by atoms with E-state index in [9.17, 15) is 13.6 Å². The fraction of sp³-hybridized carbons (Fsp3) is 0.105. The van der Waals surface area contributed by atoms with Gasteiger partial charge in [0.2, 0.25) is 0 Å². The lowest BCUT2D eigenvalue weighted by molar-refractivity contribution is 0.103. The van der Waals surface area contributed by atoms with E-state index >= 15 is 0 Å². The number of halogens is 2. The summed E-state index contributed by atoms with van der Waals surface area (Å²) in [5, 5.41) is 4.25. The van der Waals surface area contributed by atoms with Crippen LogP contribution in [-0.2, 0) is 6.61 Å². The Kier molecular flexibility index (Phi) is 5.09. The molecular weight excluding hydrogens is 344 g/mol. The van der Waals surface area contributed by atoms with E-state index in [2.05, 4.69) is 5.32 Å². The Morgan fingerprint density at radius 1 is 1.16 bits per heavy atom. The van der Waals surface area contributed by atoms with Gasteiger partial charge in [-0.25, -0.2) is 8.78 Å². The van der Waals surface area contributed by atoms with E-state index in [0.717, 1.165) is 29.0 Å². The number of rotatable bonds is 5. The third kappa shape index (κ3) is 4.22. The lowest BCUT2D eigenvalue weighted by atomic mass is 10.2. The van der Waals surface area contributed by atoms with Gasteiger partial charge in [-0.2, -0.15) is 0 Å². The molecule has 6 heteroatoms. The molecule has 0 aliphatic carbocycles. The molecule has 3 aromatic rings. The van der Waals surface area contributed by atoms with E-state index in [1.807, 2.05) is 36.6 Å². The maximum atomic E-state index is 13.6. The van der Waals surface area contributed by atoms with Crippen LogP contribution in [0.15, 0.2) is 53.9 Å². The Morgan fingerprint density at radius 3 is 2.72 bits per heavy atom.